The van der Waals surface area contributed by atoms with E-state index in [0.29, 0.717) is 6.61 Å². The molecular formula is C16H22N2O2. The number of nitrogens with one attached hydrogen (secondary N) is 2. The molecule has 2 N–H and O–H groups in total. The summed E-state index contributed by atoms with van der Waals surface area (Å²) in [5.41, 5.74) is 1.02. The fourth-order valence-corrected chi connectivity index (χ4v) is 3.44. The van der Waals surface area contributed by atoms with Crippen LogP contribution in [0.25, 0.3) is 0 Å². The molecular weight excluding hydrogens is 252 g/mol. The highest BCUT2D eigenvalue weighted by atomic mass is 16.5. The fraction of sp³-hybridized carbons (Fsp3) is 0.562. The van der Waals surface area contributed by atoms with E-state index in [1.54, 1.807) is 0 Å². The van der Waals surface area contributed by atoms with Crippen molar-refractivity contribution in [2.45, 2.75) is 31.9 Å². The number of carbonyl (C=O) groups is 1. The molecule has 1 aliphatic heterocycles. The average molecular weight is 274 g/mol. The number of alkyl carbamates (subject to hydrolysis) is 1. The quantitative estimate of drug-likeness (QED) is 0.889. The van der Waals surface area contributed by atoms with Gasteiger partial charge in [0.15, 0.2) is 0 Å². The van der Waals surface area contributed by atoms with E-state index >= 15 is 0 Å². The molecule has 4 nitrogen and oxygen atoms in total. The first-order valence-corrected chi connectivity index (χ1v) is 7.49. The molecule has 1 unspecified atom stereocenters. The van der Waals surface area contributed by atoms with Gasteiger partial charge in [0.2, 0.25) is 0 Å². The number of ether oxygens (including phenoxy) is 1. The van der Waals surface area contributed by atoms with E-state index in [-0.39, 0.29) is 12.1 Å². The third-order valence-electron chi connectivity index (χ3n) is 4.47. The summed E-state index contributed by atoms with van der Waals surface area (Å²) in [6, 6.07) is 10.1. The van der Waals surface area contributed by atoms with Crippen molar-refractivity contribution in [1.29, 1.82) is 0 Å². The third-order valence-corrected chi connectivity index (χ3v) is 4.47. The van der Waals surface area contributed by atoms with Gasteiger partial charge < -0.3 is 15.4 Å². The number of hydrogen-bond acceptors (Lipinski definition) is 3. The Morgan fingerprint density at radius 2 is 2.05 bits per heavy atom. The van der Waals surface area contributed by atoms with Crippen LogP contribution in [0, 0.1) is 11.8 Å². The molecule has 1 aliphatic carbocycles. The van der Waals surface area contributed by atoms with Gasteiger partial charge in [-0.1, -0.05) is 30.3 Å². The highest BCUT2D eigenvalue weighted by Crippen LogP contribution is 2.35. The molecule has 2 fully saturated rings. The fourth-order valence-electron chi connectivity index (χ4n) is 3.44. The lowest BCUT2D eigenvalue weighted by Gasteiger charge is -2.25. The van der Waals surface area contributed by atoms with E-state index in [2.05, 4.69) is 10.6 Å². The normalized spacial score (nSPS) is 28.7. The maximum atomic E-state index is 11.8. The van der Waals surface area contributed by atoms with Crippen LogP contribution in [-0.2, 0) is 11.3 Å². The summed E-state index contributed by atoms with van der Waals surface area (Å²) in [5.74, 6) is 1.50. The van der Waals surface area contributed by atoms with Crippen molar-refractivity contribution in [2.24, 2.45) is 11.8 Å². The van der Waals surface area contributed by atoms with E-state index in [9.17, 15) is 4.79 Å². The van der Waals surface area contributed by atoms with E-state index in [4.69, 9.17) is 4.74 Å². The summed E-state index contributed by atoms with van der Waals surface area (Å²) < 4.78 is 5.28. The number of carbonyl (C=O) groups excluding carboxylic acids is 1. The zero-order valence-corrected chi connectivity index (χ0v) is 11.7. The largest absolute Gasteiger partial charge is 0.445 e. The number of hydrogen-bond donors (Lipinski definition) is 2. The molecule has 1 heterocycles. The maximum absolute atomic E-state index is 11.8. The van der Waals surface area contributed by atoms with Crippen LogP contribution < -0.4 is 10.6 Å². The first kappa shape index (κ1) is 13.4. The first-order chi connectivity index (χ1) is 9.81. The monoisotopic (exact) mass is 274 g/mol. The average Bonchev–Trinajstić information content (AvgIpc) is 2.88. The Hall–Kier alpha value is -1.55. The van der Waals surface area contributed by atoms with E-state index < -0.39 is 0 Å². The smallest absolute Gasteiger partial charge is 0.407 e. The van der Waals surface area contributed by atoms with Crippen molar-refractivity contribution in [3.05, 3.63) is 35.9 Å². The van der Waals surface area contributed by atoms with Gasteiger partial charge in [-0.25, -0.2) is 4.79 Å². The molecule has 0 aromatic heterocycles. The van der Waals surface area contributed by atoms with Crippen LogP contribution in [0.4, 0.5) is 4.79 Å². The van der Waals surface area contributed by atoms with Gasteiger partial charge in [-0.05, 0) is 49.8 Å². The minimum absolute atomic E-state index is 0.285. The summed E-state index contributed by atoms with van der Waals surface area (Å²) in [7, 11) is 0. The van der Waals surface area contributed by atoms with Crippen LogP contribution >= 0.6 is 0 Å². The number of fused-ring (bicyclic) bond motifs is 1. The van der Waals surface area contributed by atoms with Crippen LogP contribution in [0.15, 0.2) is 30.3 Å². The van der Waals surface area contributed by atoms with E-state index in [0.717, 1.165) is 43.3 Å². The molecule has 108 valence electrons. The van der Waals surface area contributed by atoms with Crippen LogP contribution in [0.2, 0.25) is 0 Å². The van der Waals surface area contributed by atoms with Gasteiger partial charge in [0, 0.05) is 6.04 Å². The lowest BCUT2D eigenvalue weighted by atomic mass is 9.90. The molecule has 1 aromatic rings. The maximum Gasteiger partial charge on any atom is 0.407 e. The first-order valence-electron chi connectivity index (χ1n) is 7.49. The molecule has 0 spiro atoms. The second-order valence-electron chi connectivity index (χ2n) is 5.89. The highest BCUT2D eigenvalue weighted by molar-refractivity contribution is 5.67. The topological polar surface area (TPSA) is 50.4 Å². The Balaban J connectivity index is 1.43. The summed E-state index contributed by atoms with van der Waals surface area (Å²) in [4.78, 5) is 11.8. The van der Waals surface area contributed by atoms with E-state index in [1.807, 2.05) is 30.3 Å². The zero-order valence-electron chi connectivity index (χ0n) is 11.7. The van der Waals surface area contributed by atoms with E-state index in [1.165, 1.54) is 6.42 Å². The highest BCUT2D eigenvalue weighted by Gasteiger charge is 2.36. The Bertz CT molecular complexity index is 435. The van der Waals surface area contributed by atoms with Crippen molar-refractivity contribution in [2.75, 3.05) is 13.1 Å². The summed E-state index contributed by atoms with van der Waals surface area (Å²) in [6.45, 7) is 2.56. The minimum Gasteiger partial charge on any atom is -0.445 e. The zero-order chi connectivity index (χ0) is 13.8. The van der Waals surface area contributed by atoms with Crippen LogP contribution in [-0.4, -0.2) is 25.2 Å². The van der Waals surface area contributed by atoms with Crippen LogP contribution in [0.3, 0.4) is 0 Å². The molecule has 0 radical (unpaired) electrons. The van der Waals surface area contributed by atoms with Gasteiger partial charge in [-0.15, -0.1) is 0 Å². The van der Waals surface area contributed by atoms with Gasteiger partial charge in [0.25, 0.3) is 0 Å². The summed E-state index contributed by atoms with van der Waals surface area (Å²) in [6.07, 6.45) is 3.14. The molecule has 20 heavy (non-hydrogen) atoms. The minimum atomic E-state index is -0.287. The lowest BCUT2D eigenvalue weighted by molar-refractivity contribution is 0.135. The molecule has 3 rings (SSSR count). The second kappa shape index (κ2) is 6.27. The standard InChI is InChI=1S/C16H22N2O2/c19-16(20-11-12-4-2-1-3-5-12)18-15-8-13-6-7-17-10-14(13)9-15/h1-5,13-15,17H,6-11H2,(H,18,19)/t13-,14-,15?/m0/s1. The molecule has 1 amide bonds. The summed E-state index contributed by atoms with van der Waals surface area (Å²) in [5, 5.41) is 6.45. The van der Waals surface area contributed by atoms with Crippen molar-refractivity contribution in [1.82, 2.24) is 10.6 Å². The SMILES string of the molecule is O=C(NC1C[C@H]2CNCC[C@H]2C1)OCc1ccccc1. The van der Waals surface area contributed by atoms with Gasteiger partial charge in [0.05, 0.1) is 0 Å². The van der Waals surface area contributed by atoms with Crippen LogP contribution in [0.5, 0.6) is 0 Å². The van der Waals surface area contributed by atoms with Gasteiger partial charge in [-0.3, -0.25) is 0 Å². The number of benzene rings is 1. The molecule has 2 aliphatic rings. The van der Waals surface area contributed by atoms with Gasteiger partial charge in [0.1, 0.15) is 6.61 Å². The van der Waals surface area contributed by atoms with Gasteiger partial charge >= 0.3 is 6.09 Å². The molecule has 3 atom stereocenters. The van der Waals surface area contributed by atoms with Crippen LogP contribution in [0.1, 0.15) is 24.8 Å². The number of piperidine rings is 1. The Morgan fingerprint density at radius 3 is 2.85 bits per heavy atom. The lowest BCUT2D eigenvalue weighted by Crippen LogP contribution is -2.34. The molecule has 1 aromatic carbocycles. The second-order valence-corrected chi connectivity index (χ2v) is 5.89. The van der Waals surface area contributed by atoms with Gasteiger partial charge in [-0.2, -0.15) is 0 Å². The summed E-state index contributed by atoms with van der Waals surface area (Å²) >= 11 is 0. The number of amides is 1. The molecule has 1 saturated carbocycles. The van der Waals surface area contributed by atoms with Crippen molar-refractivity contribution in [3.8, 4) is 0 Å². The predicted molar refractivity (Wildman–Crippen MR) is 77.3 cm³/mol. The van der Waals surface area contributed by atoms with Crippen molar-refractivity contribution >= 4 is 6.09 Å². The Morgan fingerprint density at radius 1 is 1.25 bits per heavy atom. The molecule has 1 saturated heterocycles. The number of rotatable bonds is 3. The van der Waals surface area contributed by atoms with Crippen molar-refractivity contribution < 1.29 is 9.53 Å². The Labute approximate surface area is 119 Å². The van der Waals surface area contributed by atoms with Crippen molar-refractivity contribution in [3.63, 3.8) is 0 Å². The Kier molecular flexibility index (Phi) is 4.21. The third kappa shape index (κ3) is 3.31. The predicted octanol–water partition coefficient (Wildman–Crippen LogP) is 2.30. The molecule has 4 heteroatoms. The molecule has 0 bridgehead atoms.